The second-order valence-electron chi connectivity index (χ2n) is 21.3. The first kappa shape index (κ1) is 66.3. The Labute approximate surface area is 460 Å². The van der Waals surface area contributed by atoms with E-state index in [4.69, 9.17) is 0 Å². The number of aliphatic hydroxyl groups is 4. The van der Waals surface area contributed by atoms with Crippen molar-refractivity contribution in [2.24, 2.45) is 17.8 Å². The third kappa shape index (κ3) is 23.1. The minimum atomic E-state index is -1.77. The Morgan fingerprint density at radius 2 is 1.04 bits per heavy atom. The number of carboxylic acids is 2. The Hall–Kier alpha value is -7.02. The van der Waals surface area contributed by atoms with Crippen LogP contribution < -0.4 is 37.2 Å². The fourth-order valence-corrected chi connectivity index (χ4v) is 8.87. The molecule has 0 bridgehead atoms. The molecule has 0 saturated carbocycles. The highest BCUT2D eigenvalue weighted by atomic mass is 16.4. The van der Waals surface area contributed by atoms with E-state index < -0.39 is 158 Å². The highest BCUT2D eigenvalue weighted by Gasteiger charge is 2.44. The number of carboxylic acid groups (broad SMARTS) is 2. The Morgan fingerprint density at radius 3 is 1.57 bits per heavy atom. The van der Waals surface area contributed by atoms with Crippen molar-refractivity contribution in [1.82, 2.24) is 42.1 Å². The van der Waals surface area contributed by atoms with E-state index in [1.165, 1.54) is 0 Å². The van der Waals surface area contributed by atoms with Crippen LogP contribution in [0.2, 0.25) is 0 Å². The van der Waals surface area contributed by atoms with Crippen molar-refractivity contribution in [3.05, 3.63) is 71.8 Å². The van der Waals surface area contributed by atoms with E-state index in [-0.39, 0.29) is 31.6 Å². The second kappa shape index (κ2) is 33.4. The van der Waals surface area contributed by atoms with Crippen molar-refractivity contribution >= 4 is 59.2 Å². The van der Waals surface area contributed by atoms with Gasteiger partial charge in [0.25, 0.3) is 0 Å². The third-order valence-corrected chi connectivity index (χ3v) is 13.1. The molecule has 10 atom stereocenters. The summed E-state index contributed by atoms with van der Waals surface area (Å²) < 4.78 is 0. The number of nitrogens with one attached hydrogen (secondary N) is 7. The predicted molar refractivity (Wildman–Crippen MR) is 287 cm³/mol. The molecule has 1 aliphatic heterocycles. The number of hydrogen-bond donors (Lipinski definition) is 13. The van der Waals surface area contributed by atoms with Gasteiger partial charge in [-0.25, -0.2) is 4.79 Å². The average Bonchev–Trinajstić information content (AvgIpc) is 3.80. The molecule has 1 saturated heterocycles. The molecule has 0 aliphatic carbocycles. The lowest BCUT2D eigenvalue weighted by atomic mass is 10.0. The molecule has 1 aliphatic rings. The fraction of sp³-hybridized carbons (Fsp3) is 0.600. The standard InChI is InChI=1S/C55H82N8O16/c1-31(2)16-10-7-15-21-36(66)26-45(68)56-40(27-46(69)70)50(73)58-39(23-34-17-11-8-12-18-34)49(72)60-43(30-65)52(75)62-47(33(5)6)54(77)63-28-37(67)25-44(63)53(76)61-42(29-64)51(74)57-38(22-32(3)4)48(71)59-41(55(78)79)24-35-19-13-9-14-20-35/h8-9,11-14,17-20,31-33,36-44,47,64-67H,7,10,15-16,21-30H2,1-6H3,(H,56,68)(H,57,74)(H,58,73)(H,59,71)(H,60,72)(H,61,76)(H,62,75)(H,69,70)(H,78,79). The smallest absolute Gasteiger partial charge is 0.326 e. The highest BCUT2D eigenvalue weighted by molar-refractivity contribution is 5.99. The Bertz CT molecular complexity index is 2340. The average molecular weight is 1110 g/mol. The summed E-state index contributed by atoms with van der Waals surface area (Å²) in [5.41, 5.74) is 1.14. The Balaban J connectivity index is 1.75. The van der Waals surface area contributed by atoms with Crippen LogP contribution in [0.3, 0.4) is 0 Å². The molecule has 24 heteroatoms. The van der Waals surface area contributed by atoms with Crippen LogP contribution in [-0.2, 0) is 60.8 Å². The van der Waals surface area contributed by atoms with Crippen LogP contribution in [0.4, 0.5) is 0 Å². The van der Waals surface area contributed by atoms with Crippen LogP contribution in [0, 0.1) is 17.8 Å². The molecule has 13 N–H and O–H groups in total. The van der Waals surface area contributed by atoms with Crippen molar-refractivity contribution in [2.75, 3.05) is 19.8 Å². The van der Waals surface area contributed by atoms with Crippen LogP contribution in [0.25, 0.3) is 0 Å². The van der Waals surface area contributed by atoms with Gasteiger partial charge in [-0.3, -0.25) is 43.2 Å². The number of carbonyl (C=O) groups excluding carboxylic acids is 8. The number of benzene rings is 2. The molecular formula is C55H82N8O16. The summed E-state index contributed by atoms with van der Waals surface area (Å²) in [5, 5.41) is 78.4. The number of β-amino-alcohol motifs (C(OH)–C–C–N with tert-alkyl or cyclic N) is 1. The zero-order chi connectivity index (χ0) is 58.9. The monoisotopic (exact) mass is 1110 g/mol. The van der Waals surface area contributed by atoms with Gasteiger partial charge < -0.3 is 72.8 Å². The maximum Gasteiger partial charge on any atom is 0.326 e. The van der Waals surface area contributed by atoms with E-state index in [1.807, 2.05) is 0 Å². The van der Waals surface area contributed by atoms with Gasteiger partial charge in [-0.15, -0.1) is 0 Å². The first-order chi connectivity index (χ1) is 37.3. The molecule has 1 heterocycles. The summed E-state index contributed by atoms with van der Waals surface area (Å²) in [5.74, 6) is -10.9. The minimum Gasteiger partial charge on any atom is -0.481 e. The number of carbonyl (C=O) groups is 10. The number of rotatable bonds is 34. The van der Waals surface area contributed by atoms with Crippen LogP contribution in [0.1, 0.15) is 110 Å². The molecule has 2 aromatic carbocycles. The zero-order valence-electron chi connectivity index (χ0n) is 45.9. The largest absolute Gasteiger partial charge is 0.481 e. The molecule has 0 aromatic heterocycles. The lowest BCUT2D eigenvalue weighted by molar-refractivity contribution is -0.144. The summed E-state index contributed by atoms with van der Waals surface area (Å²) in [7, 11) is 0. The van der Waals surface area contributed by atoms with Crippen molar-refractivity contribution < 1.29 is 78.6 Å². The predicted octanol–water partition coefficient (Wildman–Crippen LogP) is -0.569. The molecule has 0 spiro atoms. The molecule has 1 fully saturated rings. The van der Waals surface area contributed by atoms with Gasteiger partial charge in [0.05, 0.1) is 38.3 Å². The number of aliphatic hydroxyl groups excluding tert-OH is 4. The van der Waals surface area contributed by atoms with E-state index in [0.29, 0.717) is 29.9 Å². The molecule has 3 rings (SSSR count). The number of hydrogen-bond acceptors (Lipinski definition) is 14. The lowest BCUT2D eigenvalue weighted by Gasteiger charge is -2.32. The van der Waals surface area contributed by atoms with Gasteiger partial charge in [-0.05, 0) is 41.7 Å². The van der Waals surface area contributed by atoms with Gasteiger partial charge in [0.2, 0.25) is 47.3 Å². The summed E-state index contributed by atoms with van der Waals surface area (Å²) >= 11 is 0. The van der Waals surface area contributed by atoms with Gasteiger partial charge in [0.15, 0.2) is 0 Å². The number of unbranched alkanes of at least 4 members (excludes halogenated alkanes) is 2. The topological polar surface area (TPSA) is 380 Å². The molecule has 79 heavy (non-hydrogen) atoms. The number of nitrogens with zero attached hydrogens (tertiary/aromatic N) is 1. The number of likely N-dealkylation sites (tertiary alicyclic amines) is 1. The molecular weight excluding hydrogens is 1030 g/mol. The number of amides is 8. The molecule has 2 aromatic rings. The van der Waals surface area contributed by atoms with Crippen LogP contribution in [0.5, 0.6) is 0 Å². The van der Waals surface area contributed by atoms with E-state index in [9.17, 15) is 78.6 Å². The molecule has 24 nitrogen and oxygen atoms in total. The minimum absolute atomic E-state index is 0.0362. The van der Waals surface area contributed by atoms with Gasteiger partial charge >= 0.3 is 11.9 Å². The van der Waals surface area contributed by atoms with Gasteiger partial charge in [0, 0.05) is 25.8 Å². The normalized spacial score (nSPS) is 17.3. The SMILES string of the molecule is CC(C)CCCCCC(O)CC(=O)NC(CC(=O)O)C(=O)NC(Cc1ccccc1)C(=O)NC(CO)C(=O)NC(C(=O)N1CC(O)CC1C(=O)NC(CO)C(=O)NC(CC(C)C)C(=O)NC(Cc1ccccc1)C(=O)O)C(C)C. The maximum atomic E-state index is 14.3. The highest BCUT2D eigenvalue weighted by Crippen LogP contribution is 2.22. The van der Waals surface area contributed by atoms with Crippen LogP contribution in [-0.4, -0.2) is 175 Å². The molecule has 0 radical (unpaired) electrons. The second-order valence-corrected chi connectivity index (χ2v) is 21.3. The lowest BCUT2D eigenvalue weighted by Crippen LogP contribution is -2.61. The fourth-order valence-electron chi connectivity index (χ4n) is 8.87. The van der Waals surface area contributed by atoms with Gasteiger partial charge in [-0.1, -0.05) is 128 Å². The van der Waals surface area contributed by atoms with Crippen LogP contribution in [0.15, 0.2) is 60.7 Å². The molecule has 438 valence electrons. The molecule has 8 amide bonds. The van der Waals surface area contributed by atoms with E-state index in [0.717, 1.165) is 24.2 Å². The van der Waals surface area contributed by atoms with Crippen molar-refractivity contribution in [3.8, 4) is 0 Å². The summed E-state index contributed by atoms with van der Waals surface area (Å²) in [4.78, 5) is 135. The van der Waals surface area contributed by atoms with Gasteiger partial charge in [0.1, 0.15) is 48.3 Å². The maximum absolute atomic E-state index is 14.3. The van der Waals surface area contributed by atoms with Crippen molar-refractivity contribution in [1.29, 1.82) is 0 Å². The summed E-state index contributed by atoms with van der Waals surface area (Å²) in [6, 6.07) is 4.49. The van der Waals surface area contributed by atoms with Crippen molar-refractivity contribution in [3.63, 3.8) is 0 Å². The van der Waals surface area contributed by atoms with E-state index in [1.54, 1.807) is 88.4 Å². The van der Waals surface area contributed by atoms with Crippen molar-refractivity contribution in [2.45, 2.75) is 173 Å². The van der Waals surface area contributed by atoms with Crippen LogP contribution >= 0.6 is 0 Å². The first-order valence-corrected chi connectivity index (χ1v) is 26.9. The Morgan fingerprint density at radius 1 is 0.557 bits per heavy atom. The molecule has 10 unspecified atom stereocenters. The van der Waals surface area contributed by atoms with E-state index >= 15 is 0 Å². The summed E-state index contributed by atoms with van der Waals surface area (Å²) in [6.07, 6.45) is -0.455. The van der Waals surface area contributed by atoms with E-state index in [2.05, 4.69) is 51.1 Å². The van der Waals surface area contributed by atoms with Gasteiger partial charge in [-0.2, -0.15) is 0 Å². The first-order valence-electron chi connectivity index (χ1n) is 26.9. The summed E-state index contributed by atoms with van der Waals surface area (Å²) in [6.45, 7) is 8.36. The quantitative estimate of drug-likeness (QED) is 0.0390. The third-order valence-electron chi connectivity index (χ3n) is 13.1. The zero-order valence-corrected chi connectivity index (χ0v) is 45.9. The Kier molecular flexibility index (Phi) is 28.0. The number of aliphatic carboxylic acids is 2.